The molecule has 1 amide bonds. The van der Waals surface area contributed by atoms with Crippen LogP contribution in [0.3, 0.4) is 0 Å². The second-order valence-electron chi connectivity index (χ2n) is 5.77. The minimum Gasteiger partial charge on any atom is -0.353 e. The molecule has 0 spiro atoms. The van der Waals surface area contributed by atoms with Gasteiger partial charge >= 0.3 is 6.18 Å². The minimum atomic E-state index is -4.36. The van der Waals surface area contributed by atoms with E-state index in [-0.39, 0.29) is 11.7 Å². The Kier molecular flexibility index (Phi) is 7.86. The molecule has 0 aliphatic carbocycles. The molecule has 1 saturated heterocycles. The molecule has 4 nitrogen and oxygen atoms in total. The summed E-state index contributed by atoms with van der Waals surface area (Å²) in [5, 5.41) is 6.08. The summed E-state index contributed by atoms with van der Waals surface area (Å²) in [6, 6.07) is 5.60. The SMILES string of the molecule is O=C(CSCc1ccc(Cl)cc1)NCC(N1CCNCC1)C(F)(F)F. The van der Waals surface area contributed by atoms with Crippen LogP contribution in [0.1, 0.15) is 5.56 Å². The molecule has 1 atom stereocenters. The van der Waals surface area contributed by atoms with Crippen molar-refractivity contribution in [2.45, 2.75) is 18.0 Å². The Morgan fingerprint density at radius 3 is 2.52 bits per heavy atom. The van der Waals surface area contributed by atoms with Crippen molar-refractivity contribution in [1.82, 2.24) is 15.5 Å². The summed E-state index contributed by atoms with van der Waals surface area (Å²) in [5.74, 6) is 0.336. The average Bonchev–Trinajstić information content (AvgIpc) is 2.56. The van der Waals surface area contributed by atoms with Crippen LogP contribution in [0.25, 0.3) is 0 Å². The maximum absolute atomic E-state index is 13.2. The Morgan fingerprint density at radius 2 is 1.92 bits per heavy atom. The molecule has 2 rings (SSSR count). The number of piperazine rings is 1. The molecular weight excluding hydrogens is 375 g/mol. The highest BCUT2D eigenvalue weighted by atomic mass is 35.5. The summed E-state index contributed by atoms with van der Waals surface area (Å²) in [6.45, 7) is 1.29. The smallest absolute Gasteiger partial charge is 0.353 e. The van der Waals surface area contributed by atoms with Crippen LogP contribution < -0.4 is 10.6 Å². The first-order valence-corrected chi connectivity index (χ1v) is 9.50. The summed E-state index contributed by atoms with van der Waals surface area (Å²) in [5.41, 5.74) is 1.01. The largest absolute Gasteiger partial charge is 0.405 e. The third-order valence-electron chi connectivity index (χ3n) is 3.88. The maximum Gasteiger partial charge on any atom is 0.405 e. The number of carbonyl (C=O) groups is 1. The number of halogens is 4. The maximum atomic E-state index is 13.2. The van der Waals surface area contributed by atoms with E-state index in [4.69, 9.17) is 11.6 Å². The summed E-state index contributed by atoms with van der Waals surface area (Å²) < 4.78 is 39.7. The van der Waals surface area contributed by atoms with Gasteiger partial charge in [0.1, 0.15) is 6.04 Å². The number of hydrogen-bond acceptors (Lipinski definition) is 4. The van der Waals surface area contributed by atoms with E-state index in [9.17, 15) is 18.0 Å². The van der Waals surface area contributed by atoms with E-state index in [0.717, 1.165) is 5.56 Å². The Morgan fingerprint density at radius 1 is 1.28 bits per heavy atom. The molecule has 1 aromatic rings. The van der Waals surface area contributed by atoms with Gasteiger partial charge in [-0.1, -0.05) is 23.7 Å². The van der Waals surface area contributed by atoms with Crippen molar-refractivity contribution in [2.24, 2.45) is 0 Å². The normalized spacial score (nSPS) is 17.3. The molecule has 0 bridgehead atoms. The topological polar surface area (TPSA) is 44.4 Å². The van der Waals surface area contributed by atoms with E-state index < -0.39 is 18.8 Å². The lowest BCUT2D eigenvalue weighted by atomic mass is 10.2. The third kappa shape index (κ3) is 7.05. The molecule has 0 aromatic heterocycles. The molecule has 1 aromatic carbocycles. The zero-order valence-corrected chi connectivity index (χ0v) is 15.2. The van der Waals surface area contributed by atoms with Crippen molar-refractivity contribution in [3.05, 3.63) is 34.9 Å². The minimum absolute atomic E-state index is 0.120. The van der Waals surface area contributed by atoms with Gasteiger partial charge in [0, 0.05) is 43.5 Å². The number of rotatable bonds is 7. The Bertz CT molecular complexity index is 551. The van der Waals surface area contributed by atoms with Gasteiger partial charge in [-0.2, -0.15) is 13.2 Å². The number of alkyl halides is 3. The zero-order valence-electron chi connectivity index (χ0n) is 13.6. The fourth-order valence-corrected chi connectivity index (χ4v) is 3.49. The lowest BCUT2D eigenvalue weighted by Crippen LogP contribution is -2.57. The highest BCUT2D eigenvalue weighted by Crippen LogP contribution is 2.24. The van der Waals surface area contributed by atoms with Gasteiger partial charge in [0.15, 0.2) is 0 Å². The number of nitrogens with one attached hydrogen (secondary N) is 2. The van der Waals surface area contributed by atoms with E-state index in [1.54, 1.807) is 12.1 Å². The second kappa shape index (κ2) is 9.66. The average molecular weight is 396 g/mol. The van der Waals surface area contributed by atoms with Crippen LogP contribution in [-0.4, -0.2) is 61.5 Å². The number of amides is 1. The van der Waals surface area contributed by atoms with Crippen LogP contribution in [0.5, 0.6) is 0 Å². The number of nitrogens with zero attached hydrogens (tertiary/aromatic N) is 1. The van der Waals surface area contributed by atoms with Gasteiger partial charge in [0.05, 0.1) is 5.75 Å². The molecule has 9 heteroatoms. The summed E-state index contributed by atoms with van der Waals surface area (Å²) in [4.78, 5) is 13.2. The van der Waals surface area contributed by atoms with Gasteiger partial charge in [-0.15, -0.1) is 11.8 Å². The van der Waals surface area contributed by atoms with Gasteiger partial charge in [0.2, 0.25) is 5.91 Å². The van der Waals surface area contributed by atoms with Gasteiger partial charge in [-0.05, 0) is 17.7 Å². The van der Waals surface area contributed by atoms with Gasteiger partial charge in [-0.25, -0.2) is 0 Å². The van der Waals surface area contributed by atoms with Gasteiger partial charge in [-0.3, -0.25) is 9.69 Å². The molecule has 0 saturated carbocycles. The first kappa shape index (κ1) is 20.4. The van der Waals surface area contributed by atoms with E-state index in [2.05, 4.69) is 10.6 Å². The van der Waals surface area contributed by atoms with Crippen molar-refractivity contribution < 1.29 is 18.0 Å². The number of benzene rings is 1. The summed E-state index contributed by atoms with van der Waals surface area (Å²) in [7, 11) is 0. The predicted molar refractivity (Wildman–Crippen MR) is 94.9 cm³/mol. The predicted octanol–water partition coefficient (Wildman–Crippen LogP) is 2.53. The zero-order chi connectivity index (χ0) is 18.3. The molecule has 1 aliphatic heterocycles. The third-order valence-corrected chi connectivity index (χ3v) is 5.13. The van der Waals surface area contributed by atoms with Crippen molar-refractivity contribution in [3.63, 3.8) is 0 Å². The Hall–Kier alpha value is -0.960. The van der Waals surface area contributed by atoms with E-state index >= 15 is 0 Å². The van der Waals surface area contributed by atoms with Gasteiger partial charge in [0.25, 0.3) is 0 Å². The summed E-state index contributed by atoms with van der Waals surface area (Å²) in [6.07, 6.45) is -4.36. The molecule has 1 aliphatic rings. The van der Waals surface area contributed by atoms with Crippen LogP contribution in [0.4, 0.5) is 13.2 Å². The molecule has 1 heterocycles. The lowest BCUT2D eigenvalue weighted by Gasteiger charge is -2.35. The highest BCUT2D eigenvalue weighted by molar-refractivity contribution is 7.99. The first-order valence-electron chi connectivity index (χ1n) is 7.96. The number of thioether (sulfide) groups is 1. The molecule has 1 fully saturated rings. The Labute approximate surface area is 154 Å². The standard InChI is InChI=1S/C16H21ClF3N3OS/c17-13-3-1-12(2-4-13)10-25-11-15(24)22-9-14(16(18,19)20)23-7-5-21-6-8-23/h1-4,14,21H,5-11H2,(H,22,24). The van der Waals surface area contributed by atoms with Crippen LogP contribution in [-0.2, 0) is 10.5 Å². The highest BCUT2D eigenvalue weighted by Gasteiger charge is 2.43. The first-order chi connectivity index (χ1) is 11.9. The van der Waals surface area contributed by atoms with Crippen LogP contribution >= 0.6 is 23.4 Å². The van der Waals surface area contributed by atoms with Crippen LogP contribution in [0.2, 0.25) is 5.02 Å². The summed E-state index contributed by atoms with van der Waals surface area (Å²) >= 11 is 7.15. The van der Waals surface area contributed by atoms with E-state index in [1.807, 2.05) is 12.1 Å². The number of hydrogen-bond donors (Lipinski definition) is 2. The Balaban J connectivity index is 1.75. The molecule has 2 N–H and O–H groups in total. The molecule has 1 unspecified atom stereocenters. The van der Waals surface area contributed by atoms with Crippen molar-refractivity contribution >= 4 is 29.3 Å². The fourth-order valence-electron chi connectivity index (χ4n) is 2.55. The molecular formula is C16H21ClF3N3OS. The van der Waals surface area contributed by atoms with E-state index in [0.29, 0.717) is 37.0 Å². The molecule has 25 heavy (non-hydrogen) atoms. The van der Waals surface area contributed by atoms with Crippen molar-refractivity contribution in [3.8, 4) is 0 Å². The quantitative estimate of drug-likeness (QED) is 0.744. The molecule has 140 valence electrons. The van der Waals surface area contributed by atoms with Crippen molar-refractivity contribution in [2.75, 3.05) is 38.5 Å². The van der Waals surface area contributed by atoms with Crippen LogP contribution in [0, 0.1) is 0 Å². The lowest BCUT2D eigenvalue weighted by molar-refractivity contribution is -0.183. The van der Waals surface area contributed by atoms with Crippen LogP contribution in [0.15, 0.2) is 24.3 Å². The number of carbonyl (C=O) groups excluding carboxylic acids is 1. The van der Waals surface area contributed by atoms with E-state index in [1.165, 1.54) is 16.7 Å². The van der Waals surface area contributed by atoms with Crippen molar-refractivity contribution in [1.29, 1.82) is 0 Å². The van der Waals surface area contributed by atoms with Gasteiger partial charge < -0.3 is 10.6 Å². The molecule has 0 radical (unpaired) electrons. The monoisotopic (exact) mass is 395 g/mol. The second-order valence-corrected chi connectivity index (χ2v) is 7.19. The fraction of sp³-hybridized carbons (Fsp3) is 0.562.